The van der Waals surface area contributed by atoms with Gasteiger partial charge in [-0.1, -0.05) is 0 Å². The minimum absolute atomic E-state index is 0.117. The average Bonchev–Trinajstić information content (AvgIpc) is 3.16. The normalized spacial score (nSPS) is 10.4. The SMILES string of the molecule is CC(=O)n1cncc2ncnc1-2.Nc1ncnc2nc[nH]c12. The van der Waals surface area contributed by atoms with E-state index in [9.17, 15) is 4.79 Å². The van der Waals surface area contributed by atoms with Crippen molar-refractivity contribution in [3.8, 4) is 11.5 Å². The second-order valence-corrected chi connectivity index (χ2v) is 4.23. The predicted octanol–water partition coefficient (Wildman–Crippen LogP) is 0.373. The maximum absolute atomic E-state index is 11.0. The maximum Gasteiger partial charge on any atom is 0.230 e. The van der Waals surface area contributed by atoms with Crippen LogP contribution in [0.5, 0.6) is 0 Å². The Hall–Kier alpha value is -3.43. The first-order valence-electron chi connectivity index (χ1n) is 6.20. The van der Waals surface area contributed by atoms with Gasteiger partial charge in [-0.25, -0.2) is 29.9 Å². The third-order valence-electron chi connectivity index (χ3n) is 2.80. The molecule has 2 aromatic rings. The Balaban J connectivity index is 0.000000133. The van der Waals surface area contributed by atoms with Crippen LogP contribution in [0.4, 0.5) is 5.82 Å². The number of carbonyl (C=O) groups excluding carboxylic acids is 1. The van der Waals surface area contributed by atoms with Gasteiger partial charge in [-0.05, 0) is 0 Å². The number of nitrogens with zero attached hydrogens (tertiary/aromatic N) is 7. The van der Waals surface area contributed by atoms with Crippen molar-refractivity contribution in [3.63, 3.8) is 0 Å². The fraction of sp³-hybridized carbons (Fsp3) is 0.0833. The number of carbonyl (C=O) groups is 1. The number of hydrogen-bond acceptors (Lipinski definition) is 8. The molecule has 110 valence electrons. The molecule has 0 saturated carbocycles. The van der Waals surface area contributed by atoms with Gasteiger partial charge in [0.05, 0.1) is 12.5 Å². The summed E-state index contributed by atoms with van der Waals surface area (Å²) in [6, 6.07) is 0. The van der Waals surface area contributed by atoms with Crippen LogP contribution in [-0.4, -0.2) is 45.4 Å². The van der Waals surface area contributed by atoms with Crippen molar-refractivity contribution < 1.29 is 4.79 Å². The van der Waals surface area contributed by atoms with E-state index in [1.165, 1.54) is 36.8 Å². The Labute approximate surface area is 123 Å². The third-order valence-corrected chi connectivity index (χ3v) is 2.80. The van der Waals surface area contributed by atoms with Gasteiger partial charge in [0.1, 0.15) is 30.2 Å². The number of anilines is 1. The first kappa shape index (κ1) is 13.5. The summed E-state index contributed by atoms with van der Waals surface area (Å²) in [5, 5.41) is 0. The van der Waals surface area contributed by atoms with E-state index < -0.39 is 0 Å². The Bertz CT molecular complexity index is 896. The summed E-state index contributed by atoms with van der Waals surface area (Å²) >= 11 is 0. The lowest BCUT2D eigenvalue weighted by atomic mass is 10.4. The molecule has 2 aromatic heterocycles. The molecular formula is C12H11N9O. The summed E-state index contributed by atoms with van der Waals surface area (Å²) in [4.78, 5) is 37.1. The molecule has 0 atom stereocenters. The van der Waals surface area contributed by atoms with Crippen LogP contribution >= 0.6 is 0 Å². The molecule has 10 heteroatoms. The summed E-state index contributed by atoms with van der Waals surface area (Å²) in [5.41, 5.74) is 7.41. The van der Waals surface area contributed by atoms with Gasteiger partial charge in [0, 0.05) is 6.92 Å². The van der Waals surface area contributed by atoms with Crippen molar-refractivity contribution in [2.45, 2.75) is 6.92 Å². The molecule has 0 unspecified atom stereocenters. The number of aromatic nitrogens is 8. The first-order valence-corrected chi connectivity index (χ1v) is 6.20. The molecule has 4 heterocycles. The number of rotatable bonds is 0. The second kappa shape index (κ2) is 5.52. The van der Waals surface area contributed by atoms with E-state index in [-0.39, 0.29) is 5.91 Å². The molecular weight excluding hydrogens is 286 g/mol. The van der Waals surface area contributed by atoms with E-state index in [4.69, 9.17) is 5.73 Å². The molecule has 10 nitrogen and oxygen atoms in total. The lowest BCUT2D eigenvalue weighted by Crippen LogP contribution is -2.10. The zero-order valence-corrected chi connectivity index (χ0v) is 11.5. The third kappa shape index (κ3) is 2.44. The van der Waals surface area contributed by atoms with Crippen LogP contribution in [0.25, 0.3) is 22.7 Å². The summed E-state index contributed by atoms with van der Waals surface area (Å²) in [7, 11) is 0. The minimum Gasteiger partial charge on any atom is -0.382 e. The molecule has 22 heavy (non-hydrogen) atoms. The van der Waals surface area contributed by atoms with Crippen molar-refractivity contribution in [1.82, 2.24) is 39.5 Å². The van der Waals surface area contributed by atoms with Crippen LogP contribution in [0.2, 0.25) is 0 Å². The highest BCUT2D eigenvalue weighted by Crippen LogP contribution is 2.13. The topological polar surface area (TPSA) is 141 Å². The minimum atomic E-state index is -0.117. The number of imidazole rings is 2. The highest BCUT2D eigenvalue weighted by molar-refractivity contribution is 5.80. The molecule has 0 bridgehead atoms. The Morgan fingerprint density at radius 3 is 2.77 bits per heavy atom. The summed E-state index contributed by atoms with van der Waals surface area (Å²) in [6.07, 6.45) is 7.33. The average molecular weight is 297 g/mol. The van der Waals surface area contributed by atoms with Crippen molar-refractivity contribution in [3.05, 3.63) is 31.5 Å². The van der Waals surface area contributed by atoms with Crippen LogP contribution in [0, 0.1) is 0 Å². The highest BCUT2D eigenvalue weighted by Gasteiger charge is 2.11. The van der Waals surface area contributed by atoms with Crippen LogP contribution in [-0.2, 0) is 0 Å². The smallest absolute Gasteiger partial charge is 0.230 e. The van der Waals surface area contributed by atoms with E-state index >= 15 is 0 Å². The van der Waals surface area contributed by atoms with Crippen LogP contribution in [0.1, 0.15) is 11.7 Å². The molecule has 2 aliphatic heterocycles. The van der Waals surface area contributed by atoms with Gasteiger partial charge in [-0.2, -0.15) is 0 Å². The molecule has 0 aromatic carbocycles. The van der Waals surface area contributed by atoms with Crippen LogP contribution < -0.4 is 5.73 Å². The summed E-state index contributed by atoms with van der Waals surface area (Å²) in [6.45, 7) is 1.45. The van der Waals surface area contributed by atoms with Crippen molar-refractivity contribution in [2.24, 2.45) is 0 Å². The van der Waals surface area contributed by atoms with Gasteiger partial charge in [0.25, 0.3) is 0 Å². The van der Waals surface area contributed by atoms with Crippen LogP contribution in [0.15, 0.2) is 31.5 Å². The zero-order valence-electron chi connectivity index (χ0n) is 11.5. The van der Waals surface area contributed by atoms with E-state index in [0.29, 0.717) is 28.5 Å². The molecule has 0 fully saturated rings. The lowest BCUT2D eigenvalue weighted by Gasteiger charge is -2.03. The molecule has 0 aliphatic carbocycles. The Morgan fingerprint density at radius 1 is 1.18 bits per heavy atom. The van der Waals surface area contributed by atoms with Crippen LogP contribution in [0.3, 0.4) is 0 Å². The van der Waals surface area contributed by atoms with Gasteiger partial charge in [-0.3, -0.25) is 9.36 Å². The lowest BCUT2D eigenvalue weighted by molar-refractivity contribution is 0.0935. The predicted molar refractivity (Wildman–Crippen MR) is 76.8 cm³/mol. The molecule has 2 aliphatic rings. The number of nitrogen functional groups attached to an aromatic ring is 1. The van der Waals surface area contributed by atoms with E-state index in [1.807, 2.05) is 0 Å². The molecule has 4 rings (SSSR count). The Kier molecular flexibility index (Phi) is 3.40. The molecule has 3 N–H and O–H groups in total. The van der Waals surface area contributed by atoms with E-state index in [1.54, 1.807) is 6.20 Å². The molecule has 0 spiro atoms. The number of hydrogen-bond donors (Lipinski definition) is 2. The number of nitrogens with one attached hydrogen (secondary N) is 1. The van der Waals surface area contributed by atoms with Gasteiger partial charge < -0.3 is 10.7 Å². The van der Waals surface area contributed by atoms with Gasteiger partial charge >= 0.3 is 0 Å². The monoisotopic (exact) mass is 297 g/mol. The van der Waals surface area contributed by atoms with E-state index in [2.05, 4.69) is 34.9 Å². The van der Waals surface area contributed by atoms with Crippen molar-refractivity contribution >= 4 is 22.9 Å². The second-order valence-electron chi connectivity index (χ2n) is 4.23. The maximum atomic E-state index is 11.0. The summed E-state index contributed by atoms with van der Waals surface area (Å²) in [5.74, 6) is 0.869. The zero-order chi connectivity index (χ0) is 15.5. The van der Waals surface area contributed by atoms with Gasteiger partial charge in [0.15, 0.2) is 17.3 Å². The van der Waals surface area contributed by atoms with Crippen molar-refractivity contribution in [1.29, 1.82) is 0 Å². The number of aromatic amines is 1. The fourth-order valence-corrected chi connectivity index (χ4v) is 1.79. The van der Waals surface area contributed by atoms with Gasteiger partial charge in [-0.15, -0.1) is 0 Å². The number of nitrogens with two attached hydrogens (primary N) is 1. The standard InChI is InChI=1S/C7H6N4O.C5H5N5/c1-5(12)11-4-8-2-6-7(11)10-3-9-6;6-4-3-5(9-1-7-3)10-2-8-4/h2-4H,1H3;1-2H,(H3,6,7,8,9,10). The number of H-pyrrole nitrogens is 1. The van der Waals surface area contributed by atoms with Crippen molar-refractivity contribution in [2.75, 3.05) is 5.73 Å². The largest absolute Gasteiger partial charge is 0.382 e. The fourth-order valence-electron chi connectivity index (χ4n) is 1.79. The quantitative estimate of drug-likeness (QED) is 0.474. The summed E-state index contributed by atoms with van der Waals surface area (Å²) < 4.78 is 1.36. The molecule has 0 saturated heterocycles. The molecule has 0 radical (unpaired) electrons. The first-order chi connectivity index (χ1) is 10.7. The van der Waals surface area contributed by atoms with Gasteiger partial charge in [0.2, 0.25) is 5.91 Å². The Morgan fingerprint density at radius 2 is 2.00 bits per heavy atom. The number of fused-ring (bicyclic) bond motifs is 2. The molecule has 0 amide bonds. The highest BCUT2D eigenvalue weighted by atomic mass is 16.1. The van der Waals surface area contributed by atoms with E-state index in [0.717, 1.165) is 0 Å².